The summed E-state index contributed by atoms with van der Waals surface area (Å²) in [5.41, 5.74) is 1.10. The molecule has 0 saturated heterocycles. The molecule has 11 heavy (non-hydrogen) atoms. The molecule has 0 radical (unpaired) electrons. The van der Waals surface area contributed by atoms with E-state index in [1.165, 1.54) is 16.3 Å². The summed E-state index contributed by atoms with van der Waals surface area (Å²) in [6.45, 7) is 0.654. The number of hydrogen-bond donors (Lipinski definition) is 0. The van der Waals surface area contributed by atoms with E-state index < -0.39 is 0 Å². The molecule has 0 aliphatic rings. The number of rotatable bonds is 2. The molecule has 0 bridgehead atoms. The first-order valence-corrected chi connectivity index (χ1v) is 10.1. The van der Waals surface area contributed by atoms with Gasteiger partial charge in [0.2, 0.25) is 0 Å². The number of halogens is 1. The zero-order valence-corrected chi connectivity index (χ0v) is 11.1. The fourth-order valence-corrected chi connectivity index (χ4v) is 0.676. The standard InChI is InChI=1S/C8H9O.BrH.Zn/c1-9-7-8-5-3-2-4-6-8;;/h2-5H,7H2,1H3;1H;/q-1;;+2/p-1. The third kappa shape index (κ3) is 5.54. The van der Waals surface area contributed by atoms with Crippen LogP contribution in [0.25, 0.3) is 0 Å². The predicted octanol–water partition coefficient (Wildman–Crippen LogP) is 2.48. The van der Waals surface area contributed by atoms with Crippen LogP contribution in [0.1, 0.15) is 5.56 Å². The predicted molar refractivity (Wildman–Crippen MR) is 44.9 cm³/mol. The molecular formula is C8H9BrOZn. The first-order chi connectivity index (χ1) is 5.43. The van der Waals surface area contributed by atoms with Gasteiger partial charge in [0.05, 0.1) is 0 Å². The van der Waals surface area contributed by atoms with Gasteiger partial charge < -0.3 is 4.74 Å². The van der Waals surface area contributed by atoms with Crippen LogP contribution in [0.2, 0.25) is 0 Å². The van der Waals surface area contributed by atoms with Crippen molar-refractivity contribution in [1.29, 1.82) is 0 Å². The summed E-state index contributed by atoms with van der Waals surface area (Å²) in [6.07, 6.45) is 0. The average Bonchev–Trinajstić information content (AvgIpc) is 2.11. The Morgan fingerprint density at radius 1 is 1.55 bits per heavy atom. The molecule has 0 aliphatic heterocycles. The minimum atomic E-state index is 0.654. The quantitative estimate of drug-likeness (QED) is 0.590. The van der Waals surface area contributed by atoms with Crippen LogP contribution in [0, 0.1) is 6.07 Å². The van der Waals surface area contributed by atoms with Gasteiger partial charge in [-0.2, -0.15) is 30.3 Å². The molecule has 1 aromatic carbocycles. The van der Waals surface area contributed by atoms with E-state index >= 15 is 0 Å². The van der Waals surface area contributed by atoms with Crippen molar-refractivity contribution in [3.63, 3.8) is 0 Å². The summed E-state index contributed by atoms with van der Waals surface area (Å²) in [4.78, 5) is 0. The van der Waals surface area contributed by atoms with Crippen LogP contribution < -0.4 is 0 Å². The van der Waals surface area contributed by atoms with Crippen molar-refractivity contribution in [2.24, 2.45) is 0 Å². The fourth-order valence-electron chi connectivity index (χ4n) is 0.676. The number of methoxy groups -OCH3 is 1. The van der Waals surface area contributed by atoms with Gasteiger partial charge in [-0.05, 0) is 0 Å². The SMILES string of the molecule is COCc1[c-]cccc1.[Zn+][Br]. The average molecular weight is 266 g/mol. The summed E-state index contributed by atoms with van der Waals surface area (Å²) in [6, 6.07) is 10.8. The number of benzene rings is 1. The Morgan fingerprint density at radius 2 is 2.27 bits per heavy atom. The van der Waals surface area contributed by atoms with Gasteiger partial charge in [0.25, 0.3) is 0 Å². The van der Waals surface area contributed by atoms with Crippen molar-refractivity contribution in [2.75, 3.05) is 7.11 Å². The van der Waals surface area contributed by atoms with Crippen molar-refractivity contribution in [1.82, 2.24) is 0 Å². The third-order valence-corrected chi connectivity index (χ3v) is 1.07. The third-order valence-electron chi connectivity index (χ3n) is 1.07. The molecule has 3 heteroatoms. The van der Waals surface area contributed by atoms with E-state index in [9.17, 15) is 0 Å². The van der Waals surface area contributed by atoms with Crippen molar-refractivity contribution >= 4 is 13.6 Å². The molecule has 0 saturated carbocycles. The monoisotopic (exact) mass is 264 g/mol. The van der Waals surface area contributed by atoms with E-state index in [1.54, 1.807) is 7.11 Å². The van der Waals surface area contributed by atoms with Gasteiger partial charge in [0.1, 0.15) is 0 Å². The normalized spacial score (nSPS) is 8.36. The Labute approximate surface area is 84.2 Å². The second-order valence-corrected chi connectivity index (χ2v) is 1.82. The Balaban J connectivity index is 0.000000461. The minimum absolute atomic E-state index is 0.654. The Kier molecular flexibility index (Phi) is 8.60. The molecule has 0 unspecified atom stereocenters. The van der Waals surface area contributed by atoms with Gasteiger partial charge in [0, 0.05) is 13.7 Å². The van der Waals surface area contributed by atoms with Gasteiger partial charge in [-0.3, -0.25) is 0 Å². The molecule has 1 aromatic rings. The molecule has 0 aliphatic carbocycles. The zero-order chi connectivity index (χ0) is 8.53. The fraction of sp³-hybridized carbons (Fsp3) is 0.250. The van der Waals surface area contributed by atoms with Gasteiger partial charge in [-0.1, -0.05) is 0 Å². The van der Waals surface area contributed by atoms with Gasteiger partial charge >= 0.3 is 30.0 Å². The van der Waals surface area contributed by atoms with Gasteiger partial charge in [0.15, 0.2) is 0 Å². The molecule has 56 valence electrons. The van der Waals surface area contributed by atoms with E-state index in [0.717, 1.165) is 5.56 Å². The second kappa shape index (κ2) is 8.38. The Hall–Kier alpha value is 0.283. The second-order valence-electron chi connectivity index (χ2n) is 1.82. The zero-order valence-electron chi connectivity index (χ0n) is 6.51. The van der Waals surface area contributed by atoms with Crippen LogP contribution in [-0.4, -0.2) is 7.11 Å². The van der Waals surface area contributed by atoms with Crippen LogP contribution in [0.5, 0.6) is 0 Å². The van der Waals surface area contributed by atoms with E-state index in [4.69, 9.17) is 4.74 Å². The maximum atomic E-state index is 4.90. The molecule has 1 rings (SSSR count). The van der Waals surface area contributed by atoms with Crippen molar-refractivity contribution < 1.29 is 21.1 Å². The van der Waals surface area contributed by atoms with Crippen LogP contribution in [0.4, 0.5) is 0 Å². The molecule has 0 spiro atoms. The van der Waals surface area contributed by atoms with Crippen molar-refractivity contribution in [3.8, 4) is 0 Å². The molecule has 0 aromatic heterocycles. The molecule has 0 amide bonds. The summed E-state index contributed by atoms with van der Waals surface area (Å²) < 4.78 is 4.90. The van der Waals surface area contributed by atoms with Crippen LogP contribution >= 0.6 is 13.6 Å². The molecule has 0 heterocycles. The van der Waals surface area contributed by atoms with E-state index in [2.05, 4.69) is 19.7 Å². The van der Waals surface area contributed by atoms with Crippen LogP contribution in [-0.2, 0) is 27.7 Å². The Bertz CT molecular complexity index is 167. The van der Waals surface area contributed by atoms with Gasteiger partial charge in [-0.15, -0.1) is 5.56 Å². The number of ether oxygens (including phenoxy) is 1. The molecule has 0 N–H and O–H groups in total. The number of hydrogen-bond acceptors (Lipinski definition) is 1. The molecule has 0 atom stereocenters. The van der Waals surface area contributed by atoms with Crippen molar-refractivity contribution in [3.05, 3.63) is 35.9 Å². The van der Waals surface area contributed by atoms with Crippen LogP contribution in [0.3, 0.4) is 0 Å². The molecule has 0 fully saturated rings. The molecule has 1 nitrogen and oxygen atoms in total. The first kappa shape index (κ1) is 11.3. The topological polar surface area (TPSA) is 9.23 Å². The summed E-state index contributed by atoms with van der Waals surface area (Å²) in [5.74, 6) is 0. The van der Waals surface area contributed by atoms with E-state index in [0.29, 0.717) is 6.61 Å². The summed E-state index contributed by atoms with van der Waals surface area (Å²) in [5, 5.41) is 0. The molecular weight excluding hydrogens is 257 g/mol. The van der Waals surface area contributed by atoms with Crippen LogP contribution in [0.15, 0.2) is 24.3 Å². The summed E-state index contributed by atoms with van der Waals surface area (Å²) >= 11 is 4.25. The summed E-state index contributed by atoms with van der Waals surface area (Å²) in [7, 11) is 1.68. The van der Waals surface area contributed by atoms with E-state index in [-0.39, 0.29) is 0 Å². The van der Waals surface area contributed by atoms with E-state index in [1.807, 2.05) is 24.3 Å². The maximum absolute atomic E-state index is 4.90. The Morgan fingerprint density at radius 3 is 2.73 bits per heavy atom. The van der Waals surface area contributed by atoms with Gasteiger partial charge in [-0.25, -0.2) is 0 Å². The first-order valence-electron chi connectivity index (χ1n) is 3.15. The van der Waals surface area contributed by atoms with Crippen molar-refractivity contribution in [2.45, 2.75) is 6.61 Å².